The zero-order valence-electron chi connectivity index (χ0n) is 16.7. The molecule has 0 heterocycles. The molecule has 184 valence electrons. The van der Waals surface area contributed by atoms with Crippen molar-refractivity contribution in [2.75, 3.05) is 0 Å². The first-order valence-electron chi connectivity index (χ1n) is 8.71. The van der Waals surface area contributed by atoms with Crippen LogP contribution in [0.2, 0.25) is 0 Å². The Morgan fingerprint density at radius 1 is 0.611 bits per heavy atom. The van der Waals surface area contributed by atoms with Crippen molar-refractivity contribution in [3.05, 3.63) is 68.1 Å². The summed E-state index contributed by atoms with van der Waals surface area (Å²) in [6, 6.07) is 2.68. The van der Waals surface area contributed by atoms with Crippen LogP contribution in [-0.4, -0.2) is 0 Å². The number of benzene rings is 2. The molecule has 0 N–H and O–H groups in total. The van der Waals surface area contributed by atoms with Crippen LogP contribution in [0.25, 0.3) is 11.1 Å². The fraction of sp³-hybridized carbons (Fsp3) is 0.143. The minimum absolute atomic E-state index is 0.215. The standard InChI is InChI=1S/C21H3F11N4/c22-17-10(3-15(21(30,31)32)16(18(17)23)9(4-33)5-34)11(6-35)8-1-13(19(24,25)26)12(7-36)14(2-8)20(27,28)29/h1-3H/b11-10-. The third kappa shape index (κ3) is 4.91. The Morgan fingerprint density at radius 3 is 1.39 bits per heavy atom. The molecule has 0 amide bonds. The van der Waals surface area contributed by atoms with Crippen molar-refractivity contribution in [3.8, 4) is 24.3 Å². The van der Waals surface area contributed by atoms with E-state index in [1.54, 1.807) is 0 Å². The number of rotatable bonds is 1. The van der Waals surface area contributed by atoms with Crippen molar-refractivity contribution in [2.24, 2.45) is 0 Å². The maximum atomic E-state index is 14.8. The number of alkyl halides is 9. The fourth-order valence-corrected chi connectivity index (χ4v) is 3.05. The quantitative estimate of drug-likeness (QED) is 0.505. The molecule has 0 atom stereocenters. The summed E-state index contributed by atoms with van der Waals surface area (Å²) < 4.78 is 150. The van der Waals surface area contributed by atoms with E-state index in [0.717, 1.165) is 18.2 Å². The van der Waals surface area contributed by atoms with Gasteiger partial charge in [-0.2, -0.15) is 60.6 Å². The second-order valence-electron chi connectivity index (χ2n) is 6.61. The van der Waals surface area contributed by atoms with Crippen LogP contribution in [0.5, 0.6) is 0 Å². The summed E-state index contributed by atoms with van der Waals surface area (Å²) >= 11 is 0. The van der Waals surface area contributed by atoms with Gasteiger partial charge in [0.25, 0.3) is 0 Å². The molecule has 0 spiro atoms. The van der Waals surface area contributed by atoms with Crippen LogP contribution in [-0.2, 0) is 18.5 Å². The molecule has 0 aliphatic rings. The van der Waals surface area contributed by atoms with Crippen LogP contribution in [0, 0.1) is 57.0 Å². The Hall–Kier alpha value is -4.63. The molecule has 0 bridgehead atoms. The van der Waals surface area contributed by atoms with Gasteiger partial charge in [0.15, 0.2) is 11.6 Å². The Morgan fingerprint density at radius 2 is 1.06 bits per heavy atom. The molecular weight excluding hydrogens is 517 g/mol. The Bertz CT molecular complexity index is 1500. The number of hydrogen-bond acceptors (Lipinski definition) is 4. The zero-order chi connectivity index (χ0) is 27.8. The summed E-state index contributed by atoms with van der Waals surface area (Å²) in [5.41, 5.74) is -13.2. The number of halogens is 11. The lowest BCUT2D eigenvalue weighted by Crippen LogP contribution is -2.32. The smallest absolute Gasteiger partial charge is 0.203 e. The summed E-state index contributed by atoms with van der Waals surface area (Å²) in [6.07, 6.45) is -16.9. The average Bonchev–Trinajstić information content (AvgIpc) is 2.76. The van der Waals surface area contributed by atoms with E-state index >= 15 is 0 Å². The zero-order valence-corrected chi connectivity index (χ0v) is 16.7. The fourth-order valence-electron chi connectivity index (χ4n) is 3.05. The van der Waals surface area contributed by atoms with E-state index in [0.29, 0.717) is 6.07 Å². The maximum Gasteiger partial charge on any atom is 0.417 e. The molecule has 36 heavy (non-hydrogen) atoms. The van der Waals surface area contributed by atoms with Crippen molar-refractivity contribution >= 4 is 11.1 Å². The Balaban J connectivity index is 3.32. The van der Waals surface area contributed by atoms with E-state index in [9.17, 15) is 53.6 Å². The van der Waals surface area contributed by atoms with Crippen LogP contribution >= 0.6 is 0 Å². The molecule has 0 aliphatic heterocycles. The van der Waals surface area contributed by atoms with Gasteiger partial charge in [0.05, 0.1) is 33.0 Å². The summed E-state index contributed by atoms with van der Waals surface area (Å²) in [5.74, 6) is -4.88. The molecule has 0 aliphatic carbocycles. The minimum atomic E-state index is -5.64. The van der Waals surface area contributed by atoms with Gasteiger partial charge in [-0.1, -0.05) is 0 Å². The van der Waals surface area contributed by atoms with Gasteiger partial charge in [-0.15, -0.1) is 0 Å². The highest BCUT2D eigenvalue weighted by Crippen LogP contribution is 2.41. The van der Waals surface area contributed by atoms with E-state index in [1.165, 1.54) is 0 Å². The highest BCUT2D eigenvalue weighted by molar-refractivity contribution is 5.79. The van der Waals surface area contributed by atoms with Crippen LogP contribution in [0.4, 0.5) is 48.3 Å². The first-order chi connectivity index (χ1) is 16.4. The second-order valence-corrected chi connectivity index (χ2v) is 6.61. The Kier molecular flexibility index (Phi) is 7.05. The molecule has 15 heteroatoms. The lowest BCUT2D eigenvalue weighted by molar-refractivity contribution is -0.143. The van der Waals surface area contributed by atoms with Crippen molar-refractivity contribution in [1.82, 2.24) is 0 Å². The van der Waals surface area contributed by atoms with Gasteiger partial charge < -0.3 is 0 Å². The number of nitriles is 4. The first kappa shape index (κ1) is 27.6. The average molecular weight is 520 g/mol. The predicted octanol–water partition coefficient (Wildman–Crippen LogP) is 4.81. The minimum Gasteiger partial charge on any atom is -0.203 e. The summed E-state index contributed by atoms with van der Waals surface area (Å²) in [6.45, 7) is 0. The number of hydrogen-bond donors (Lipinski definition) is 0. The van der Waals surface area contributed by atoms with Gasteiger partial charge in [0.2, 0.25) is 0 Å². The third-order valence-electron chi connectivity index (χ3n) is 4.52. The normalized spacial score (nSPS) is 12.6. The van der Waals surface area contributed by atoms with E-state index < -0.39 is 79.6 Å². The monoisotopic (exact) mass is 520 g/mol. The van der Waals surface area contributed by atoms with Crippen molar-refractivity contribution in [1.29, 1.82) is 21.0 Å². The van der Waals surface area contributed by atoms with Crippen molar-refractivity contribution < 1.29 is 48.3 Å². The summed E-state index contributed by atoms with van der Waals surface area (Å²) in [7, 11) is 0. The number of nitrogens with zero attached hydrogens (tertiary/aromatic N) is 4. The van der Waals surface area contributed by atoms with Crippen molar-refractivity contribution in [3.63, 3.8) is 0 Å². The molecule has 0 radical (unpaired) electrons. The van der Waals surface area contributed by atoms with Crippen LogP contribution < -0.4 is 10.4 Å². The van der Waals surface area contributed by atoms with Gasteiger partial charge in [-0.3, -0.25) is 0 Å². The lowest BCUT2D eigenvalue weighted by Gasteiger charge is -2.17. The van der Waals surface area contributed by atoms with E-state index in [1.807, 2.05) is 0 Å². The summed E-state index contributed by atoms with van der Waals surface area (Å²) in [4.78, 5) is 0. The molecule has 0 unspecified atom stereocenters. The maximum absolute atomic E-state index is 14.8. The van der Waals surface area contributed by atoms with Crippen LogP contribution in [0.3, 0.4) is 0 Å². The second kappa shape index (κ2) is 9.20. The predicted molar refractivity (Wildman–Crippen MR) is 94.5 cm³/mol. The molecule has 2 aromatic carbocycles. The molecule has 0 saturated carbocycles. The molecule has 2 rings (SSSR count). The first-order valence-corrected chi connectivity index (χ1v) is 8.71. The molecule has 0 saturated heterocycles. The molecule has 0 aromatic heterocycles. The van der Waals surface area contributed by atoms with Crippen LogP contribution in [0.1, 0.15) is 27.8 Å². The highest BCUT2D eigenvalue weighted by Gasteiger charge is 2.42. The van der Waals surface area contributed by atoms with E-state index in [2.05, 4.69) is 0 Å². The van der Waals surface area contributed by atoms with Gasteiger partial charge in [0.1, 0.15) is 29.8 Å². The highest BCUT2D eigenvalue weighted by atomic mass is 19.4. The third-order valence-corrected chi connectivity index (χ3v) is 4.52. The lowest BCUT2D eigenvalue weighted by atomic mass is 9.92. The van der Waals surface area contributed by atoms with Crippen molar-refractivity contribution in [2.45, 2.75) is 18.5 Å². The van der Waals surface area contributed by atoms with Gasteiger partial charge in [0, 0.05) is 5.22 Å². The van der Waals surface area contributed by atoms with Gasteiger partial charge in [-0.05, 0) is 23.8 Å². The Labute approximate surface area is 192 Å². The van der Waals surface area contributed by atoms with Crippen LogP contribution in [0.15, 0.2) is 18.2 Å². The van der Waals surface area contributed by atoms with Gasteiger partial charge >= 0.3 is 18.5 Å². The van der Waals surface area contributed by atoms with Gasteiger partial charge in [-0.25, -0.2) is 8.78 Å². The molecular formula is C21H3F11N4. The van der Waals surface area contributed by atoms with E-state index in [4.69, 9.17) is 15.8 Å². The molecule has 2 aromatic rings. The topological polar surface area (TPSA) is 95.2 Å². The molecule has 0 fully saturated rings. The summed E-state index contributed by atoms with van der Waals surface area (Å²) in [5, 5.41) is 32.2. The SMILES string of the molecule is N#CC(C#N)=c1c(C(F)(F)F)c/c(=C(\C#N)c2cc(C(F)(F)F)c(C#N)c(C(F)(F)F)c2)c(F)c1F. The molecule has 4 nitrogen and oxygen atoms in total. The largest absolute Gasteiger partial charge is 0.417 e. The van der Waals surface area contributed by atoms with E-state index in [-0.39, 0.29) is 18.2 Å².